The molecule has 4 heterocycles. The molecule has 15 nitrogen and oxygen atoms in total. The number of urea groups is 1. The van der Waals surface area contributed by atoms with Crippen molar-refractivity contribution in [3.63, 3.8) is 0 Å². The van der Waals surface area contributed by atoms with E-state index < -0.39 is 77.9 Å². The Morgan fingerprint density at radius 2 is 1.52 bits per heavy atom. The van der Waals surface area contributed by atoms with Gasteiger partial charge in [0.25, 0.3) is 11.7 Å². The average Bonchev–Trinajstić information content (AvgIpc) is 3.66. The Hall–Kier alpha value is -3.73. The first-order chi connectivity index (χ1) is 32.7. The van der Waals surface area contributed by atoms with E-state index in [0.29, 0.717) is 82.9 Å². The zero-order valence-electron chi connectivity index (χ0n) is 43.2. The van der Waals surface area contributed by atoms with Gasteiger partial charge in [0, 0.05) is 52.7 Å². The number of hydrogen-bond donors (Lipinski definition) is 3. The van der Waals surface area contributed by atoms with E-state index in [4.69, 9.17) is 18.9 Å². The number of fused-ring (bicyclic) bond motifs is 3. The second-order valence-corrected chi connectivity index (χ2v) is 21.4. The summed E-state index contributed by atoms with van der Waals surface area (Å²) in [6.45, 7) is 14.5. The molecule has 3 N–H and O–H groups in total. The normalized spacial score (nSPS) is 40.0. The molecular formula is C54H85N3O12. The number of esters is 1. The Labute approximate surface area is 411 Å². The van der Waals surface area contributed by atoms with Crippen LogP contribution < -0.4 is 0 Å². The first kappa shape index (κ1) is 56.2. The summed E-state index contributed by atoms with van der Waals surface area (Å²) in [5.41, 5.74) is 1.47. The monoisotopic (exact) mass is 968 g/mol. The van der Waals surface area contributed by atoms with E-state index in [1.54, 1.807) is 37.8 Å². The lowest BCUT2D eigenvalue weighted by Gasteiger charge is -2.43. The lowest BCUT2D eigenvalue weighted by Crippen LogP contribution is -2.61. The number of carbonyl (C=O) groups is 5. The van der Waals surface area contributed by atoms with E-state index in [1.165, 1.54) is 12.0 Å². The van der Waals surface area contributed by atoms with E-state index in [1.807, 2.05) is 64.2 Å². The predicted octanol–water partition coefficient (Wildman–Crippen LogP) is 6.72. The Morgan fingerprint density at radius 1 is 0.783 bits per heavy atom. The van der Waals surface area contributed by atoms with E-state index >= 15 is 0 Å². The number of allylic oxidation sites excluding steroid dienone is 6. The summed E-state index contributed by atoms with van der Waals surface area (Å²) >= 11 is 0. The summed E-state index contributed by atoms with van der Waals surface area (Å²) in [4.78, 5) is 75.3. The van der Waals surface area contributed by atoms with Gasteiger partial charge in [-0.15, -0.1) is 0 Å². The number of piperidine rings is 1. The molecule has 0 radical (unpaired) electrons. The second kappa shape index (κ2) is 25.6. The van der Waals surface area contributed by atoms with Gasteiger partial charge >= 0.3 is 12.0 Å². The second-order valence-electron chi connectivity index (χ2n) is 21.4. The lowest BCUT2D eigenvalue weighted by atomic mass is 9.78. The number of cyclic esters (lactones) is 1. The fraction of sp³-hybridized carbons (Fsp3) is 0.759. The number of hydrogen-bond acceptors (Lipinski definition) is 12. The predicted molar refractivity (Wildman–Crippen MR) is 262 cm³/mol. The number of aliphatic hydroxyl groups excluding tert-OH is 2. The number of aliphatic hydroxyl groups is 3. The molecule has 69 heavy (non-hydrogen) atoms. The van der Waals surface area contributed by atoms with Gasteiger partial charge in [-0.25, -0.2) is 9.59 Å². The Morgan fingerprint density at radius 3 is 2.20 bits per heavy atom. The Balaban J connectivity index is 1.48. The number of rotatable bonds is 6. The van der Waals surface area contributed by atoms with Crippen LogP contribution in [0.4, 0.5) is 4.79 Å². The summed E-state index contributed by atoms with van der Waals surface area (Å²) in [6.07, 6.45) is 14.3. The van der Waals surface area contributed by atoms with Gasteiger partial charge in [-0.05, 0) is 127 Å². The van der Waals surface area contributed by atoms with Crippen molar-refractivity contribution >= 4 is 29.5 Å². The molecule has 0 spiro atoms. The maximum absolute atomic E-state index is 14.5. The molecule has 5 aliphatic rings. The van der Waals surface area contributed by atoms with E-state index in [2.05, 4.69) is 6.92 Å². The van der Waals surface area contributed by atoms with Gasteiger partial charge in [0.1, 0.15) is 24.4 Å². The average molecular weight is 968 g/mol. The van der Waals surface area contributed by atoms with E-state index in [0.717, 1.165) is 12.0 Å². The molecule has 5 rings (SSSR count). The molecule has 15 heteroatoms. The van der Waals surface area contributed by atoms with Crippen LogP contribution in [0.5, 0.6) is 0 Å². The van der Waals surface area contributed by atoms with Gasteiger partial charge in [0.15, 0.2) is 5.78 Å². The SMILES string of the molecule is CO[C@@H]1C[C@H](C[C@@H](C)[C@@H]2CC[C@H](C)/C=C(\C)[C@@H](O)[C@@H](OC)C(=O)[C@H](C)C[C@H](C)/C=C/C=C/C=C(\C)C(N3CCN(C)C3=O)C[C@@H]3CC[C@@H](C)[C@@](O)(O3)C(=O)C(=O)N3CCCC[C@H]3C(=O)O2)CC[C@H]1O. The zero-order chi connectivity index (χ0) is 50.7. The van der Waals surface area contributed by atoms with Crippen LogP contribution in [0.15, 0.2) is 47.6 Å². The van der Waals surface area contributed by atoms with Crippen LogP contribution in [-0.2, 0) is 38.1 Å². The number of amides is 3. The maximum atomic E-state index is 14.5. The molecule has 1 saturated carbocycles. The molecule has 1 aliphatic carbocycles. The number of ether oxygens (including phenoxy) is 4. The molecular weight excluding hydrogens is 883 g/mol. The van der Waals surface area contributed by atoms with Gasteiger partial charge in [-0.3, -0.25) is 14.4 Å². The van der Waals surface area contributed by atoms with Gasteiger partial charge in [-0.2, -0.15) is 0 Å². The van der Waals surface area contributed by atoms with Crippen LogP contribution in [0, 0.1) is 35.5 Å². The van der Waals surface area contributed by atoms with Crippen LogP contribution in [0.25, 0.3) is 0 Å². The van der Waals surface area contributed by atoms with E-state index in [9.17, 15) is 39.3 Å². The van der Waals surface area contributed by atoms with Gasteiger partial charge < -0.3 is 49.0 Å². The highest BCUT2D eigenvalue weighted by molar-refractivity contribution is 6.39. The molecule has 2 bridgehead atoms. The lowest BCUT2D eigenvalue weighted by molar-refractivity contribution is -0.264. The van der Waals surface area contributed by atoms with Crippen molar-refractivity contribution in [3.05, 3.63) is 47.6 Å². The molecule has 0 aromatic carbocycles. The highest BCUT2D eigenvalue weighted by Gasteiger charge is 2.53. The molecule has 3 saturated heterocycles. The summed E-state index contributed by atoms with van der Waals surface area (Å²) in [7, 11) is 4.79. The van der Waals surface area contributed by atoms with Crippen LogP contribution in [0.2, 0.25) is 0 Å². The minimum absolute atomic E-state index is 0.0296. The van der Waals surface area contributed by atoms with Crippen LogP contribution in [-0.4, -0.2) is 155 Å². The minimum atomic E-state index is -2.45. The molecule has 4 aliphatic heterocycles. The number of likely N-dealkylation sites (N-methyl/N-ethyl adjacent to an activating group) is 1. The minimum Gasteiger partial charge on any atom is -0.461 e. The highest BCUT2D eigenvalue weighted by Crippen LogP contribution is 2.38. The van der Waals surface area contributed by atoms with Crippen molar-refractivity contribution in [2.45, 2.75) is 186 Å². The molecule has 1 unspecified atom stereocenters. The number of nitrogens with zero attached hydrogens (tertiary/aromatic N) is 3. The van der Waals surface area contributed by atoms with Gasteiger partial charge in [0.2, 0.25) is 5.79 Å². The summed E-state index contributed by atoms with van der Waals surface area (Å²) in [5, 5.41) is 34.2. The standard InChI is InChI=1S/C54H85N3O12/c1-33-16-12-11-13-17-35(3)43(57-27-26-55(8)53(57)64)32-41-22-20-39(7)54(65,69-41)50(61)51(62)56-25-15-14-18-42(56)52(63)68-45(36(4)30-40-21-23-44(58)46(31-40)66-9)24-19-34(2)29-38(6)48(60)49(67-10)47(59)37(5)28-33/h11-13,16-17,29,33-34,36-37,39-46,48-49,58,60,65H,14-15,18-28,30-32H2,1-10H3/b13-11+,16-12+,35-17+,38-29+/t33-,34+,36-,37-,39-,40+,41+,42+,43?,44-,45+,46-,48-,49+,54-/m1/s1. The molecule has 3 amide bonds. The molecule has 15 atom stereocenters. The quantitative estimate of drug-likeness (QED) is 0.145. The summed E-state index contributed by atoms with van der Waals surface area (Å²) in [6, 6.07) is -1.62. The summed E-state index contributed by atoms with van der Waals surface area (Å²) in [5.74, 6) is -6.42. The van der Waals surface area contributed by atoms with Crippen LogP contribution in [0.1, 0.15) is 132 Å². The third kappa shape index (κ3) is 14.2. The topological polar surface area (TPSA) is 193 Å². The number of ketones is 2. The fourth-order valence-electron chi connectivity index (χ4n) is 11.4. The molecule has 0 aromatic rings. The van der Waals surface area contributed by atoms with Crippen molar-refractivity contribution in [2.75, 3.05) is 40.9 Å². The fourth-order valence-corrected chi connectivity index (χ4v) is 11.4. The van der Waals surface area contributed by atoms with E-state index in [-0.39, 0.29) is 61.0 Å². The molecule has 388 valence electrons. The first-order valence-corrected chi connectivity index (χ1v) is 25.8. The molecule has 4 fully saturated rings. The van der Waals surface area contributed by atoms with Crippen molar-refractivity contribution < 1.29 is 58.2 Å². The van der Waals surface area contributed by atoms with Gasteiger partial charge in [-0.1, -0.05) is 76.6 Å². The third-order valence-corrected chi connectivity index (χ3v) is 15.9. The van der Waals surface area contributed by atoms with Crippen molar-refractivity contribution in [2.24, 2.45) is 35.5 Å². The highest BCUT2D eigenvalue weighted by atomic mass is 16.6. The van der Waals surface area contributed by atoms with Crippen molar-refractivity contribution in [3.8, 4) is 0 Å². The number of Topliss-reactive ketones (excluding diaryl/α,β-unsaturated/α-hetero) is 2. The Kier molecular flexibility index (Phi) is 20.8. The largest absolute Gasteiger partial charge is 0.461 e. The maximum Gasteiger partial charge on any atom is 0.329 e. The molecule has 0 aromatic heterocycles. The van der Waals surface area contributed by atoms with Crippen molar-refractivity contribution in [1.82, 2.24) is 14.7 Å². The van der Waals surface area contributed by atoms with Gasteiger partial charge in [0.05, 0.1) is 24.4 Å². The summed E-state index contributed by atoms with van der Waals surface area (Å²) < 4.78 is 24.0. The smallest absolute Gasteiger partial charge is 0.329 e. The first-order valence-electron chi connectivity index (χ1n) is 25.8. The third-order valence-electron chi connectivity index (χ3n) is 15.9. The number of methoxy groups -OCH3 is 2. The number of carbonyl (C=O) groups excluding carboxylic acids is 5. The van der Waals surface area contributed by atoms with Crippen LogP contribution in [0.3, 0.4) is 0 Å². The Bertz CT molecular complexity index is 1900. The van der Waals surface area contributed by atoms with Crippen molar-refractivity contribution in [1.29, 1.82) is 0 Å². The zero-order valence-corrected chi connectivity index (χ0v) is 43.2. The van der Waals surface area contributed by atoms with Crippen LogP contribution >= 0.6 is 0 Å².